The molecular weight excluding hydrogens is 784 g/mol. The summed E-state index contributed by atoms with van der Waals surface area (Å²) in [5.74, 6) is 0. The number of rotatable bonds is 11. The normalized spacial score (nSPS) is 15.1. The molecule has 2 aliphatic rings. The molecule has 0 heterocycles. The smallest absolute Gasteiger partial charge is 0.261 e. The zero-order valence-corrected chi connectivity index (χ0v) is 35.8. The van der Waals surface area contributed by atoms with Crippen LogP contribution in [-0.2, 0) is 49.8 Å². The largest absolute Gasteiger partial charge is 0.406 e. The standard InChI is InChI=1S/C33H49P.C12H10N.CH4O3S.Pd/c1-4-15-26-24-27(16-5-2)33(28(25-26)17-6-3)31-22-13-14-23-32(31)34(29-18-9-7-10-19-29)30-20-11-8-12-21-30;13-12-9-5-4-8-11(12)10-6-2-1-3-7-10;1-5(2,3)4;/h13-14,22-25,29-30H,4-12,15-21H2,1-3H3;1-6,8-9H,13H2;1H3,(H,2,3,4);/q;-1;;. The van der Waals surface area contributed by atoms with E-state index in [4.69, 9.17) is 10.3 Å². The zero-order chi connectivity index (χ0) is 37.3. The zero-order valence-electron chi connectivity index (χ0n) is 32.6. The molecule has 53 heavy (non-hydrogen) atoms. The number of nitrogens with two attached hydrogens (primary N) is 1. The van der Waals surface area contributed by atoms with Crippen molar-refractivity contribution in [1.29, 1.82) is 0 Å². The Labute approximate surface area is 337 Å². The average molecular weight is 847 g/mol. The van der Waals surface area contributed by atoms with Crippen LogP contribution in [0, 0.1) is 6.07 Å². The molecule has 4 aromatic carbocycles. The summed E-state index contributed by atoms with van der Waals surface area (Å²) in [4.78, 5) is 0. The molecule has 0 radical (unpaired) electrons. The van der Waals surface area contributed by atoms with Crippen LogP contribution in [0.4, 0.5) is 5.69 Å². The molecule has 4 nitrogen and oxygen atoms in total. The van der Waals surface area contributed by atoms with Crippen LogP contribution in [0.15, 0.2) is 84.9 Å². The van der Waals surface area contributed by atoms with Gasteiger partial charge < -0.3 is 5.73 Å². The van der Waals surface area contributed by atoms with Crippen molar-refractivity contribution >= 4 is 29.0 Å². The molecule has 0 bridgehead atoms. The van der Waals surface area contributed by atoms with Gasteiger partial charge >= 0.3 is 0 Å². The van der Waals surface area contributed by atoms with Gasteiger partial charge in [-0.25, -0.2) is 0 Å². The fourth-order valence-corrected chi connectivity index (χ4v) is 12.1. The molecule has 6 rings (SSSR count). The fourth-order valence-electron chi connectivity index (χ4n) is 8.18. The Balaban J connectivity index is 0.000000327. The minimum Gasteiger partial charge on any atom is -0.406 e. The third-order valence-electron chi connectivity index (χ3n) is 10.3. The summed E-state index contributed by atoms with van der Waals surface area (Å²) < 4.78 is 25.9. The summed E-state index contributed by atoms with van der Waals surface area (Å²) in [5, 5.41) is 1.77. The van der Waals surface area contributed by atoms with E-state index < -0.39 is 10.1 Å². The molecule has 292 valence electrons. The van der Waals surface area contributed by atoms with Gasteiger partial charge in [-0.3, -0.25) is 4.55 Å². The van der Waals surface area contributed by atoms with Crippen molar-refractivity contribution in [1.82, 2.24) is 0 Å². The SMILES string of the molecule is CCCc1cc(CCC)c(-c2ccccc2P(C2CCCCC2)C2CCCCC2)c(CCC)c1.CS(=O)(=O)O.Nc1ccccc1-c1[c-]cccc1.[Pd]. The summed E-state index contributed by atoms with van der Waals surface area (Å²) in [7, 11) is -3.76. The summed E-state index contributed by atoms with van der Waals surface area (Å²) in [6, 6.07) is 33.7. The van der Waals surface area contributed by atoms with Gasteiger partial charge in [-0.05, 0) is 101 Å². The minimum atomic E-state index is -3.67. The van der Waals surface area contributed by atoms with Gasteiger partial charge in [0.25, 0.3) is 10.1 Å². The van der Waals surface area contributed by atoms with Crippen LogP contribution in [-0.4, -0.2) is 30.5 Å². The quantitative estimate of drug-likeness (QED) is 0.0518. The van der Waals surface area contributed by atoms with E-state index in [-0.39, 0.29) is 28.3 Å². The van der Waals surface area contributed by atoms with Crippen molar-refractivity contribution in [2.75, 3.05) is 12.0 Å². The predicted octanol–water partition coefficient (Wildman–Crippen LogP) is 12.2. The number of aryl methyl sites for hydroxylation is 3. The minimum absolute atomic E-state index is 0. The second-order valence-corrected chi connectivity index (χ2v) is 18.9. The molecule has 0 amide bonds. The van der Waals surface area contributed by atoms with Crippen LogP contribution in [0.3, 0.4) is 0 Å². The van der Waals surface area contributed by atoms with E-state index in [1.54, 1.807) is 33.1 Å². The van der Waals surface area contributed by atoms with Crippen LogP contribution in [0.2, 0.25) is 0 Å². The molecule has 3 N–H and O–H groups in total. The maximum absolute atomic E-state index is 9.19. The first-order valence-electron chi connectivity index (χ1n) is 19.9. The molecule has 0 saturated heterocycles. The van der Waals surface area contributed by atoms with Crippen LogP contribution in [0.5, 0.6) is 0 Å². The fraction of sp³-hybridized carbons (Fsp3) is 0.478. The summed E-state index contributed by atoms with van der Waals surface area (Å²) in [6.45, 7) is 7.04. The number of hydrogen-bond acceptors (Lipinski definition) is 3. The Morgan fingerprint density at radius 1 is 0.698 bits per heavy atom. The van der Waals surface area contributed by atoms with Crippen LogP contribution >= 0.6 is 7.92 Å². The average Bonchev–Trinajstić information content (AvgIpc) is 3.14. The van der Waals surface area contributed by atoms with Gasteiger partial charge in [-0.1, -0.05) is 147 Å². The van der Waals surface area contributed by atoms with E-state index in [0.717, 1.165) is 28.1 Å². The Bertz CT molecular complexity index is 1700. The summed E-state index contributed by atoms with van der Waals surface area (Å²) in [6.07, 6.45) is 22.8. The molecule has 7 heteroatoms. The first-order valence-corrected chi connectivity index (χ1v) is 23.2. The van der Waals surface area contributed by atoms with Gasteiger partial charge in [0.05, 0.1) is 6.26 Å². The number of para-hydroxylation sites is 1. The first-order chi connectivity index (χ1) is 25.1. The van der Waals surface area contributed by atoms with Crippen molar-refractivity contribution in [3.8, 4) is 22.3 Å². The van der Waals surface area contributed by atoms with E-state index in [1.807, 2.05) is 48.5 Å². The Hall–Kier alpha value is -2.32. The van der Waals surface area contributed by atoms with E-state index in [2.05, 4.69) is 63.2 Å². The van der Waals surface area contributed by atoms with E-state index in [0.29, 0.717) is 6.26 Å². The molecule has 0 spiro atoms. The summed E-state index contributed by atoms with van der Waals surface area (Å²) in [5.41, 5.74) is 18.7. The van der Waals surface area contributed by atoms with Gasteiger partial charge in [0.1, 0.15) is 0 Å². The van der Waals surface area contributed by atoms with Crippen LogP contribution in [0.1, 0.15) is 121 Å². The van der Waals surface area contributed by atoms with Gasteiger partial charge in [0.15, 0.2) is 0 Å². The summed E-state index contributed by atoms with van der Waals surface area (Å²) >= 11 is 0. The number of nitrogen functional groups attached to an aromatic ring is 1. The van der Waals surface area contributed by atoms with Crippen molar-refractivity contribution in [3.63, 3.8) is 0 Å². The maximum Gasteiger partial charge on any atom is 0.261 e. The topological polar surface area (TPSA) is 80.4 Å². The molecular formula is C46H63NO3PPdS-. The van der Waals surface area contributed by atoms with Crippen molar-refractivity contribution in [2.45, 2.75) is 135 Å². The third kappa shape index (κ3) is 14.4. The first kappa shape index (κ1) is 45.1. The van der Waals surface area contributed by atoms with Crippen molar-refractivity contribution in [2.24, 2.45) is 0 Å². The Morgan fingerprint density at radius 2 is 1.17 bits per heavy atom. The van der Waals surface area contributed by atoms with E-state index in [9.17, 15) is 8.42 Å². The molecule has 0 unspecified atom stereocenters. The van der Waals surface area contributed by atoms with Crippen molar-refractivity contribution in [3.05, 3.63) is 108 Å². The Kier molecular flexibility index (Phi) is 20.0. The number of anilines is 1. The van der Waals surface area contributed by atoms with Gasteiger partial charge in [0.2, 0.25) is 0 Å². The van der Waals surface area contributed by atoms with Crippen LogP contribution in [0.25, 0.3) is 22.3 Å². The molecule has 0 atom stereocenters. The Morgan fingerprint density at radius 3 is 1.64 bits per heavy atom. The maximum atomic E-state index is 9.19. The molecule has 2 aliphatic carbocycles. The van der Waals surface area contributed by atoms with Gasteiger partial charge in [-0.2, -0.15) is 8.42 Å². The second kappa shape index (κ2) is 23.6. The monoisotopic (exact) mass is 846 g/mol. The molecule has 4 aromatic rings. The second-order valence-electron chi connectivity index (χ2n) is 14.6. The molecule has 2 saturated carbocycles. The number of benzene rings is 4. The third-order valence-corrected chi connectivity index (χ3v) is 13.8. The molecule has 2 fully saturated rings. The van der Waals surface area contributed by atoms with Crippen LogP contribution < -0.4 is 11.0 Å². The van der Waals surface area contributed by atoms with Gasteiger partial charge in [0, 0.05) is 20.4 Å². The number of hydrogen-bond donors (Lipinski definition) is 2. The molecule has 0 aromatic heterocycles. The van der Waals surface area contributed by atoms with E-state index in [1.165, 1.54) is 103 Å². The molecule has 0 aliphatic heterocycles. The predicted molar refractivity (Wildman–Crippen MR) is 227 cm³/mol. The van der Waals surface area contributed by atoms with E-state index >= 15 is 0 Å². The van der Waals surface area contributed by atoms with Gasteiger partial charge in [-0.15, -0.1) is 35.9 Å². The van der Waals surface area contributed by atoms with Crippen molar-refractivity contribution < 1.29 is 33.4 Å².